The molecule has 0 bridgehead atoms. The third-order valence-electron chi connectivity index (χ3n) is 3.94. The van der Waals surface area contributed by atoms with E-state index < -0.39 is 17.9 Å². The van der Waals surface area contributed by atoms with Crippen molar-refractivity contribution < 1.29 is 24.2 Å². The third-order valence-corrected chi connectivity index (χ3v) is 3.94. The lowest BCUT2D eigenvalue weighted by atomic mass is 10.1. The van der Waals surface area contributed by atoms with E-state index in [9.17, 15) is 19.5 Å². The number of ether oxygens (including phenoxy) is 1. The minimum absolute atomic E-state index is 0.0685. The van der Waals surface area contributed by atoms with Crippen LogP contribution >= 0.6 is 0 Å². The number of carboxylic acids is 1. The monoisotopic (exact) mass is 369 g/mol. The van der Waals surface area contributed by atoms with E-state index in [0.717, 1.165) is 11.1 Å². The molecule has 6 nitrogen and oxygen atoms in total. The molecule has 2 rings (SSSR count). The van der Waals surface area contributed by atoms with Gasteiger partial charge in [0.15, 0.2) is 0 Å². The molecule has 0 aliphatic carbocycles. The maximum atomic E-state index is 12.0. The Balaban J connectivity index is 1.69. The van der Waals surface area contributed by atoms with Crippen molar-refractivity contribution in [3.8, 4) is 0 Å². The number of carbonyl (C=O) groups is 3. The molecule has 2 N–H and O–H groups in total. The average molecular weight is 369 g/mol. The first-order chi connectivity index (χ1) is 13.0. The van der Waals surface area contributed by atoms with Crippen LogP contribution in [0.25, 0.3) is 0 Å². The fourth-order valence-corrected chi connectivity index (χ4v) is 2.52. The van der Waals surface area contributed by atoms with Gasteiger partial charge in [0.2, 0.25) is 5.91 Å². The van der Waals surface area contributed by atoms with Crippen molar-refractivity contribution in [2.45, 2.75) is 38.3 Å². The largest absolute Gasteiger partial charge is 0.480 e. The molecule has 0 aromatic heterocycles. The highest BCUT2D eigenvalue weighted by molar-refractivity contribution is 5.84. The van der Waals surface area contributed by atoms with Crippen LogP contribution in [0, 0.1) is 0 Å². The first-order valence-electron chi connectivity index (χ1n) is 8.80. The lowest BCUT2D eigenvalue weighted by Gasteiger charge is -2.14. The third kappa shape index (κ3) is 7.73. The Morgan fingerprint density at radius 3 is 2.07 bits per heavy atom. The summed E-state index contributed by atoms with van der Waals surface area (Å²) in [6.45, 7) is 0.198. The van der Waals surface area contributed by atoms with Gasteiger partial charge in [-0.15, -0.1) is 0 Å². The molecule has 27 heavy (non-hydrogen) atoms. The highest BCUT2D eigenvalue weighted by Crippen LogP contribution is 2.06. The second-order valence-electron chi connectivity index (χ2n) is 6.15. The molecule has 2 aromatic carbocycles. The van der Waals surface area contributed by atoms with Gasteiger partial charge in [0, 0.05) is 19.3 Å². The van der Waals surface area contributed by atoms with Crippen molar-refractivity contribution in [2.75, 3.05) is 0 Å². The van der Waals surface area contributed by atoms with E-state index in [1.807, 2.05) is 60.7 Å². The molecule has 0 unspecified atom stereocenters. The van der Waals surface area contributed by atoms with E-state index in [1.165, 1.54) is 0 Å². The number of benzene rings is 2. The normalized spacial score (nSPS) is 11.4. The molecule has 1 atom stereocenters. The Labute approximate surface area is 158 Å². The number of hydrogen-bond donors (Lipinski definition) is 2. The van der Waals surface area contributed by atoms with Crippen molar-refractivity contribution in [1.29, 1.82) is 0 Å². The van der Waals surface area contributed by atoms with Crippen molar-refractivity contribution in [3.63, 3.8) is 0 Å². The number of esters is 1. The van der Waals surface area contributed by atoms with E-state index in [4.69, 9.17) is 4.74 Å². The zero-order valence-electron chi connectivity index (χ0n) is 15.0. The summed E-state index contributed by atoms with van der Waals surface area (Å²) in [4.78, 5) is 35.1. The van der Waals surface area contributed by atoms with E-state index in [1.54, 1.807) is 0 Å². The van der Waals surface area contributed by atoms with E-state index >= 15 is 0 Å². The molecular weight excluding hydrogens is 346 g/mol. The fourth-order valence-electron chi connectivity index (χ4n) is 2.52. The summed E-state index contributed by atoms with van der Waals surface area (Å²) in [5.41, 5.74) is 1.73. The highest BCUT2D eigenvalue weighted by atomic mass is 16.5. The Morgan fingerprint density at radius 1 is 0.889 bits per heavy atom. The predicted octanol–water partition coefficient (Wildman–Crippen LogP) is 2.71. The Morgan fingerprint density at radius 2 is 1.48 bits per heavy atom. The first kappa shape index (κ1) is 20.2. The van der Waals surface area contributed by atoms with Crippen LogP contribution in [0.15, 0.2) is 60.7 Å². The minimum atomic E-state index is -1.09. The molecule has 2 aromatic rings. The molecule has 0 aliphatic rings. The quantitative estimate of drug-likeness (QED) is 0.628. The van der Waals surface area contributed by atoms with Crippen LogP contribution in [0.1, 0.15) is 30.4 Å². The van der Waals surface area contributed by atoms with Crippen LogP contribution in [0.3, 0.4) is 0 Å². The zero-order chi connectivity index (χ0) is 19.5. The summed E-state index contributed by atoms with van der Waals surface area (Å²) < 4.78 is 5.14. The van der Waals surface area contributed by atoms with Gasteiger partial charge >= 0.3 is 11.9 Å². The zero-order valence-corrected chi connectivity index (χ0v) is 15.0. The molecule has 0 saturated heterocycles. The van der Waals surface area contributed by atoms with Crippen molar-refractivity contribution in [3.05, 3.63) is 71.8 Å². The lowest BCUT2D eigenvalue weighted by molar-refractivity contribution is -0.145. The summed E-state index contributed by atoms with van der Waals surface area (Å²) in [5, 5.41) is 11.8. The Kier molecular flexibility index (Phi) is 8.03. The molecule has 6 heteroatoms. The van der Waals surface area contributed by atoms with Crippen molar-refractivity contribution >= 4 is 17.8 Å². The summed E-state index contributed by atoms with van der Waals surface area (Å²) in [6.07, 6.45) is 0.688. The highest BCUT2D eigenvalue weighted by Gasteiger charge is 2.20. The second-order valence-corrected chi connectivity index (χ2v) is 6.15. The lowest BCUT2D eigenvalue weighted by Crippen LogP contribution is -2.42. The molecule has 0 radical (unpaired) electrons. The maximum absolute atomic E-state index is 12.0. The van der Waals surface area contributed by atoms with Gasteiger partial charge in [0.05, 0.1) is 0 Å². The van der Waals surface area contributed by atoms with Crippen LogP contribution in [0.4, 0.5) is 0 Å². The number of aliphatic carboxylic acids is 1. The molecule has 142 valence electrons. The van der Waals surface area contributed by atoms with Crippen LogP contribution in [-0.2, 0) is 32.1 Å². The molecular formula is C21H23NO5. The van der Waals surface area contributed by atoms with E-state index in [2.05, 4.69) is 5.32 Å². The molecule has 0 saturated carbocycles. The van der Waals surface area contributed by atoms with Gasteiger partial charge in [-0.3, -0.25) is 9.59 Å². The van der Waals surface area contributed by atoms with Gasteiger partial charge in [0.1, 0.15) is 12.6 Å². The predicted molar refractivity (Wildman–Crippen MR) is 99.8 cm³/mol. The van der Waals surface area contributed by atoms with Gasteiger partial charge < -0.3 is 15.2 Å². The van der Waals surface area contributed by atoms with Crippen molar-refractivity contribution in [1.82, 2.24) is 5.32 Å². The second kappa shape index (κ2) is 10.8. The van der Waals surface area contributed by atoms with Gasteiger partial charge in [-0.05, 0) is 17.5 Å². The summed E-state index contributed by atoms with van der Waals surface area (Å²) in [7, 11) is 0. The van der Waals surface area contributed by atoms with Crippen LogP contribution in [0.2, 0.25) is 0 Å². The Bertz CT molecular complexity index is 746. The summed E-state index contributed by atoms with van der Waals surface area (Å²) >= 11 is 0. The Hall–Kier alpha value is -3.15. The molecule has 0 aliphatic heterocycles. The van der Waals surface area contributed by atoms with E-state index in [-0.39, 0.29) is 31.8 Å². The molecule has 1 amide bonds. The summed E-state index contributed by atoms with van der Waals surface area (Å²) in [5.74, 6) is -1.87. The van der Waals surface area contributed by atoms with E-state index in [0.29, 0.717) is 6.42 Å². The minimum Gasteiger partial charge on any atom is -0.480 e. The first-order valence-corrected chi connectivity index (χ1v) is 8.80. The maximum Gasteiger partial charge on any atom is 0.326 e. The summed E-state index contributed by atoms with van der Waals surface area (Å²) in [6, 6.07) is 17.4. The van der Waals surface area contributed by atoms with Crippen LogP contribution in [0.5, 0.6) is 0 Å². The number of rotatable bonds is 10. The number of carboxylic acid groups (broad SMARTS) is 1. The van der Waals surface area contributed by atoms with Crippen LogP contribution < -0.4 is 5.32 Å². The fraction of sp³-hybridized carbons (Fsp3) is 0.286. The standard InChI is InChI=1S/C21H23NO5/c23-19(22-18(21(25)26)14-16-8-3-1-4-9-16)12-7-13-20(24)27-15-17-10-5-2-6-11-17/h1-6,8-11,18H,7,12-15H2,(H,22,23)(H,25,26)/t18-/m0/s1. The topological polar surface area (TPSA) is 92.7 Å². The average Bonchev–Trinajstić information content (AvgIpc) is 2.67. The SMILES string of the molecule is O=C(CCCC(=O)OCc1ccccc1)N[C@@H](Cc1ccccc1)C(=O)O. The molecule has 0 fully saturated rings. The van der Waals surface area contributed by atoms with Gasteiger partial charge in [-0.1, -0.05) is 60.7 Å². The number of hydrogen-bond acceptors (Lipinski definition) is 4. The number of nitrogens with one attached hydrogen (secondary N) is 1. The number of amides is 1. The smallest absolute Gasteiger partial charge is 0.326 e. The molecule has 0 spiro atoms. The van der Waals surface area contributed by atoms with Crippen LogP contribution in [-0.4, -0.2) is 29.0 Å². The van der Waals surface area contributed by atoms with Gasteiger partial charge in [-0.2, -0.15) is 0 Å². The number of carbonyl (C=O) groups excluding carboxylic acids is 2. The molecule has 0 heterocycles. The van der Waals surface area contributed by atoms with Gasteiger partial charge in [0.25, 0.3) is 0 Å². The van der Waals surface area contributed by atoms with Gasteiger partial charge in [-0.25, -0.2) is 4.79 Å². The van der Waals surface area contributed by atoms with Crippen molar-refractivity contribution in [2.24, 2.45) is 0 Å².